The molecule has 1 aliphatic carbocycles. The standard InChI is InChI=1S/C21H23F2N5O4.ClH/c1-11(24)18-17(19(29)25-16-7-8-28(2)27-16)26-20(32-18)13-5-6-14(31-21(22)23)15(9-13)30-10-12-3-4-12;/h5-9,11-12,21H,3-4,10,24H2,1-2H3,(H,25,27,29);1H/t11-;/m0./s1. The second-order valence-electron chi connectivity index (χ2n) is 7.64. The van der Waals surface area contributed by atoms with Crippen LogP contribution in [0.4, 0.5) is 14.6 Å². The number of hydrogen-bond donors (Lipinski definition) is 2. The van der Waals surface area contributed by atoms with E-state index in [1.54, 1.807) is 30.9 Å². The van der Waals surface area contributed by atoms with E-state index in [1.807, 2.05) is 0 Å². The molecule has 12 heteroatoms. The Morgan fingerprint density at radius 3 is 2.70 bits per heavy atom. The van der Waals surface area contributed by atoms with Crippen LogP contribution in [-0.4, -0.2) is 33.9 Å². The normalized spacial score (nSPS) is 14.0. The summed E-state index contributed by atoms with van der Waals surface area (Å²) in [5.74, 6) is 0.568. The van der Waals surface area contributed by atoms with Crippen LogP contribution >= 0.6 is 12.4 Å². The Bertz CT molecular complexity index is 1110. The first-order valence-electron chi connectivity index (χ1n) is 10.1. The van der Waals surface area contributed by atoms with E-state index in [-0.39, 0.29) is 41.3 Å². The number of nitrogens with zero attached hydrogens (tertiary/aromatic N) is 3. The molecule has 3 N–H and O–H groups in total. The summed E-state index contributed by atoms with van der Waals surface area (Å²) in [6.07, 6.45) is 3.76. The fourth-order valence-electron chi connectivity index (χ4n) is 3.02. The molecule has 33 heavy (non-hydrogen) atoms. The van der Waals surface area contributed by atoms with E-state index in [1.165, 1.54) is 18.2 Å². The number of benzene rings is 1. The highest BCUT2D eigenvalue weighted by atomic mass is 35.5. The first kappa shape index (κ1) is 24.5. The van der Waals surface area contributed by atoms with E-state index in [0.717, 1.165) is 12.8 Å². The zero-order chi connectivity index (χ0) is 22.8. The lowest BCUT2D eigenvalue weighted by Crippen LogP contribution is -2.17. The number of oxazole rings is 1. The molecule has 0 radical (unpaired) electrons. The summed E-state index contributed by atoms with van der Waals surface area (Å²) >= 11 is 0. The summed E-state index contributed by atoms with van der Waals surface area (Å²) < 4.78 is 43.1. The van der Waals surface area contributed by atoms with Crippen LogP contribution in [0.25, 0.3) is 11.5 Å². The van der Waals surface area contributed by atoms with Crippen molar-refractivity contribution in [1.29, 1.82) is 0 Å². The number of aromatic nitrogens is 3. The van der Waals surface area contributed by atoms with Crippen molar-refractivity contribution in [2.75, 3.05) is 11.9 Å². The average molecular weight is 484 g/mol. The maximum Gasteiger partial charge on any atom is 0.387 e. The van der Waals surface area contributed by atoms with Gasteiger partial charge in [-0.3, -0.25) is 9.48 Å². The first-order valence-corrected chi connectivity index (χ1v) is 10.1. The minimum absolute atomic E-state index is 0. The molecule has 0 unspecified atom stereocenters. The Morgan fingerprint density at radius 2 is 2.09 bits per heavy atom. The number of nitrogens with one attached hydrogen (secondary N) is 1. The summed E-state index contributed by atoms with van der Waals surface area (Å²) in [5, 5.41) is 6.75. The SMILES string of the molecule is C[C@H](N)c1oc(-c2ccc(OC(F)F)c(OCC3CC3)c2)nc1C(=O)Nc1ccn(C)n1.Cl. The molecule has 1 saturated carbocycles. The molecular weight excluding hydrogens is 460 g/mol. The third-order valence-electron chi connectivity index (χ3n) is 4.82. The Balaban J connectivity index is 0.00000306. The highest BCUT2D eigenvalue weighted by Crippen LogP contribution is 2.37. The highest BCUT2D eigenvalue weighted by molar-refractivity contribution is 6.03. The Labute approximate surface area is 194 Å². The van der Waals surface area contributed by atoms with E-state index in [4.69, 9.17) is 14.9 Å². The van der Waals surface area contributed by atoms with Crippen molar-refractivity contribution in [2.24, 2.45) is 18.7 Å². The zero-order valence-corrected chi connectivity index (χ0v) is 18.8. The van der Waals surface area contributed by atoms with Crippen LogP contribution in [0.1, 0.15) is 42.1 Å². The number of nitrogens with two attached hydrogens (primary N) is 1. The number of ether oxygens (including phenoxy) is 2. The maximum absolute atomic E-state index is 12.8. The van der Waals surface area contributed by atoms with Gasteiger partial charge in [0.25, 0.3) is 5.91 Å². The van der Waals surface area contributed by atoms with Gasteiger partial charge in [-0.05, 0) is 43.9 Å². The number of alkyl halides is 2. The quantitative estimate of drug-likeness (QED) is 0.469. The largest absolute Gasteiger partial charge is 0.489 e. The number of halogens is 3. The second-order valence-corrected chi connectivity index (χ2v) is 7.64. The molecule has 9 nitrogen and oxygen atoms in total. The summed E-state index contributed by atoms with van der Waals surface area (Å²) in [6.45, 7) is -0.930. The summed E-state index contributed by atoms with van der Waals surface area (Å²) in [6, 6.07) is 5.37. The molecule has 0 saturated heterocycles. The fraction of sp³-hybridized carbons (Fsp3) is 0.381. The summed E-state index contributed by atoms with van der Waals surface area (Å²) in [4.78, 5) is 17.1. The van der Waals surface area contributed by atoms with Gasteiger partial charge in [-0.1, -0.05) is 0 Å². The maximum atomic E-state index is 12.8. The van der Waals surface area contributed by atoms with Crippen LogP contribution in [0.5, 0.6) is 11.5 Å². The van der Waals surface area contributed by atoms with Gasteiger partial charge in [0.05, 0.1) is 12.6 Å². The van der Waals surface area contributed by atoms with Crippen LogP contribution in [0.3, 0.4) is 0 Å². The minimum Gasteiger partial charge on any atom is -0.489 e. The van der Waals surface area contributed by atoms with Crippen molar-refractivity contribution >= 4 is 24.1 Å². The number of rotatable bonds is 9. The Hall–Kier alpha value is -3.18. The average Bonchev–Trinajstić information content (AvgIpc) is 3.30. The van der Waals surface area contributed by atoms with Gasteiger partial charge in [0.15, 0.2) is 28.8 Å². The van der Waals surface area contributed by atoms with E-state index >= 15 is 0 Å². The summed E-state index contributed by atoms with van der Waals surface area (Å²) in [7, 11) is 1.72. The van der Waals surface area contributed by atoms with Gasteiger partial charge >= 0.3 is 6.61 Å². The molecule has 0 aliphatic heterocycles. The van der Waals surface area contributed by atoms with Gasteiger partial charge in [0.2, 0.25) is 5.89 Å². The molecule has 1 aromatic carbocycles. The topological polar surface area (TPSA) is 117 Å². The molecule has 1 aliphatic rings. The molecule has 0 spiro atoms. The van der Waals surface area contributed by atoms with Crippen LogP contribution in [0.2, 0.25) is 0 Å². The van der Waals surface area contributed by atoms with Gasteiger partial charge in [-0.15, -0.1) is 12.4 Å². The summed E-state index contributed by atoms with van der Waals surface area (Å²) in [5.41, 5.74) is 6.41. The molecule has 0 bridgehead atoms. The van der Waals surface area contributed by atoms with Crippen molar-refractivity contribution in [3.05, 3.63) is 41.9 Å². The predicted octanol–water partition coefficient (Wildman–Crippen LogP) is 4.16. The Kier molecular flexibility index (Phi) is 7.54. The molecule has 2 aromatic heterocycles. The van der Waals surface area contributed by atoms with Crippen LogP contribution < -0.4 is 20.5 Å². The van der Waals surface area contributed by atoms with Crippen molar-refractivity contribution in [3.8, 4) is 23.0 Å². The second kappa shape index (κ2) is 10.2. The van der Waals surface area contributed by atoms with Gasteiger partial charge in [0, 0.05) is 24.9 Å². The minimum atomic E-state index is -2.99. The molecule has 1 fully saturated rings. The van der Waals surface area contributed by atoms with Crippen molar-refractivity contribution < 1.29 is 27.5 Å². The van der Waals surface area contributed by atoms with Gasteiger partial charge in [-0.25, -0.2) is 4.98 Å². The molecule has 178 valence electrons. The number of amides is 1. The van der Waals surface area contributed by atoms with Crippen molar-refractivity contribution in [1.82, 2.24) is 14.8 Å². The third kappa shape index (κ3) is 5.99. The van der Waals surface area contributed by atoms with E-state index in [2.05, 4.69) is 20.1 Å². The van der Waals surface area contributed by atoms with Crippen LogP contribution in [0, 0.1) is 5.92 Å². The van der Waals surface area contributed by atoms with E-state index in [0.29, 0.717) is 23.9 Å². The van der Waals surface area contributed by atoms with Crippen LogP contribution in [0.15, 0.2) is 34.9 Å². The van der Waals surface area contributed by atoms with Crippen molar-refractivity contribution in [2.45, 2.75) is 32.4 Å². The zero-order valence-electron chi connectivity index (χ0n) is 18.0. The van der Waals surface area contributed by atoms with Gasteiger partial charge in [-0.2, -0.15) is 13.9 Å². The number of aryl methyl sites for hydroxylation is 1. The van der Waals surface area contributed by atoms with Crippen LogP contribution in [-0.2, 0) is 7.05 Å². The third-order valence-corrected chi connectivity index (χ3v) is 4.82. The molecule has 3 aromatic rings. The lowest BCUT2D eigenvalue weighted by molar-refractivity contribution is -0.0515. The number of anilines is 1. The smallest absolute Gasteiger partial charge is 0.387 e. The molecular formula is C21H24ClF2N5O4. The predicted molar refractivity (Wildman–Crippen MR) is 118 cm³/mol. The molecule has 4 rings (SSSR count). The molecule has 1 amide bonds. The first-order chi connectivity index (χ1) is 15.3. The molecule has 2 heterocycles. The van der Waals surface area contributed by atoms with E-state index in [9.17, 15) is 13.6 Å². The number of hydrogen-bond acceptors (Lipinski definition) is 7. The number of carbonyl (C=O) groups excluding carboxylic acids is 1. The fourth-order valence-corrected chi connectivity index (χ4v) is 3.02. The van der Waals surface area contributed by atoms with Gasteiger partial charge in [0.1, 0.15) is 0 Å². The lowest BCUT2D eigenvalue weighted by atomic mass is 10.2. The molecule has 1 atom stereocenters. The Morgan fingerprint density at radius 1 is 1.33 bits per heavy atom. The monoisotopic (exact) mass is 483 g/mol. The van der Waals surface area contributed by atoms with Gasteiger partial charge < -0.3 is 24.9 Å². The highest BCUT2D eigenvalue weighted by Gasteiger charge is 2.26. The lowest BCUT2D eigenvalue weighted by Gasteiger charge is -2.12. The van der Waals surface area contributed by atoms with E-state index < -0.39 is 18.6 Å². The number of carbonyl (C=O) groups is 1. The van der Waals surface area contributed by atoms with Crippen molar-refractivity contribution in [3.63, 3.8) is 0 Å².